The molecule has 0 radical (unpaired) electrons. The summed E-state index contributed by atoms with van der Waals surface area (Å²) in [5.41, 5.74) is 4.06. The van der Waals surface area contributed by atoms with E-state index in [1.807, 2.05) is 48.2 Å². The van der Waals surface area contributed by atoms with Crippen LogP contribution in [0.5, 0.6) is 0 Å². The molecule has 2 aromatic heterocycles. The summed E-state index contributed by atoms with van der Waals surface area (Å²) in [6.07, 6.45) is 5.42. The predicted octanol–water partition coefficient (Wildman–Crippen LogP) is 3.93. The van der Waals surface area contributed by atoms with E-state index in [2.05, 4.69) is 14.6 Å². The number of likely N-dealkylation sites (tertiary alicyclic amines) is 1. The Labute approximate surface area is 156 Å². The summed E-state index contributed by atoms with van der Waals surface area (Å²) in [6.45, 7) is 3.52. The molecule has 1 aliphatic rings. The molecule has 1 aliphatic heterocycles. The van der Waals surface area contributed by atoms with Crippen molar-refractivity contribution in [1.82, 2.24) is 19.5 Å². The number of benzene rings is 1. The first-order valence-electron chi connectivity index (χ1n) is 8.81. The van der Waals surface area contributed by atoms with Crippen molar-refractivity contribution < 1.29 is 4.79 Å². The number of aromatic nitrogens is 3. The topological polar surface area (TPSA) is 59.0 Å². The fourth-order valence-corrected chi connectivity index (χ4v) is 4.24. The lowest BCUT2D eigenvalue weighted by Gasteiger charge is -2.31. The minimum atomic E-state index is 0.123. The molecular weight excluding hydrogens is 344 g/mol. The number of rotatable bonds is 3. The van der Waals surface area contributed by atoms with Crippen molar-refractivity contribution in [1.29, 1.82) is 0 Å². The summed E-state index contributed by atoms with van der Waals surface area (Å²) in [5.74, 6) is 0.469. The molecule has 0 spiro atoms. The SMILES string of the molecule is Cc1cccc(C(=O)N2CCC(c3nnsc3-c3ccncc3)CC2)c1. The molecule has 1 saturated heterocycles. The van der Waals surface area contributed by atoms with E-state index >= 15 is 0 Å². The van der Waals surface area contributed by atoms with Crippen LogP contribution in [0.3, 0.4) is 0 Å². The molecule has 0 aliphatic carbocycles. The highest BCUT2D eigenvalue weighted by atomic mass is 32.1. The quantitative estimate of drug-likeness (QED) is 0.706. The minimum absolute atomic E-state index is 0.123. The van der Waals surface area contributed by atoms with Gasteiger partial charge in [-0.15, -0.1) is 5.10 Å². The maximum absolute atomic E-state index is 12.7. The fraction of sp³-hybridized carbons (Fsp3) is 0.300. The molecule has 5 nitrogen and oxygen atoms in total. The first-order valence-corrected chi connectivity index (χ1v) is 9.58. The van der Waals surface area contributed by atoms with E-state index in [1.54, 1.807) is 12.4 Å². The van der Waals surface area contributed by atoms with Crippen LogP contribution < -0.4 is 0 Å². The Hall–Kier alpha value is -2.60. The van der Waals surface area contributed by atoms with Crippen LogP contribution in [-0.4, -0.2) is 38.5 Å². The van der Waals surface area contributed by atoms with E-state index in [0.717, 1.165) is 53.2 Å². The molecule has 26 heavy (non-hydrogen) atoms. The fourth-order valence-electron chi connectivity index (χ4n) is 3.49. The number of hydrogen-bond donors (Lipinski definition) is 0. The number of aryl methyl sites for hydroxylation is 1. The van der Waals surface area contributed by atoms with E-state index in [-0.39, 0.29) is 5.91 Å². The molecule has 4 rings (SSSR count). The minimum Gasteiger partial charge on any atom is -0.339 e. The zero-order chi connectivity index (χ0) is 17.9. The van der Waals surface area contributed by atoms with Gasteiger partial charge in [0, 0.05) is 37.0 Å². The zero-order valence-corrected chi connectivity index (χ0v) is 15.4. The van der Waals surface area contributed by atoms with Gasteiger partial charge in [0.1, 0.15) is 0 Å². The Morgan fingerprint density at radius 1 is 1.15 bits per heavy atom. The predicted molar refractivity (Wildman–Crippen MR) is 102 cm³/mol. The largest absolute Gasteiger partial charge is 0.339 e. The maximum Gasteiger partial charge on any atom is 0.253 e. The molecule has 0 saturated carbocycles. The molecule has 0 N–H and O–H groups in total. The highest BCUT2D eigenvalue weighted by molar-refractivity contribution is 7.09. The van der Waals surface area contributed by atoms with E-state index in [9.17, 15) is 4.79 Å². The Bertz CT molecular complexity index is 901. The van der Waals surface area contributed by atoms with Crippen molar-refractivity contribution in [3.63, 3.8) is 0 Å². The molecule has 132 valence electrons. The van der Waals surface area contributed by atoms with Crippen molar-refractivity contribution in [2.75, 3.05) is 13.1 Å². The summed E-state index contributed by atoms with van der Waals surface area (Å²) < 4.78 is 4.18. The number of carbonyl (C=O) groups excluding carboxylic acids is 1. The van der Waals surface area contributed by atoms with Crippen LogP contribution in [0.4, 0.5) is 0 Å². The molecule has 0 atom stereocenters. The van der Waals surface area contributed by atoms with Crippen molar-refractivity contribution >= 4 is 17.4 Å². The van der Waals surface area contributed by atoms with E-state index in [4.69, 9.17) is 0 Å². The third kappa shape index (κ3) is 3.37. The van der Waals surface area contributed by atoms with Crippen LogP contribution >= 0.6 is 11.5 Å². The standard InChI is InChI=1S/C20H20N4OS/c1-14-3-2-4-17(13-14)20(25)24-11-7-15(8-12-24)18-19(26-23-22-18)16-5-9-21-10-6-16/h2-6,9-10,13,15H,7-8,11-12H2,1H3. The second-order valence-corrected chi connectivity index (χ2v) is 7.41. The normalized spacial score (nSPS) is 15.2. The van der Waals surface area contributed by atoms with Gasteiger partial charge in [-0.25, -0.2) is 0 Å². The first-order chi connectivity index (χ1) is 12.7. The summed E-state index contributed by atoms with van der Waals surface area (Å²) in [5, 5.41) is 4.40. The van der Waals surface area contributed by atoms with Gasteiger partial charge in [-0.05, 0) is 61.1 Å². The Balaban J connectivity index is 1.46. The summed E-state index contributed by atoms with van der Waals surface area (Å²) in [4.78, 5) is 19.9. The summed E-state index contributed by atoms with van der Waals surface area (Å²) in [7, 11) is 0. The second kappa shape index (κ2) is 7.33. The maximum atomic E-state index is 12.7. The molecule has 6 heteroatoms. The van der Waals surface area contributed by atoms with E-state index < -0.39 is 0 Å². The highest BCUT2D eigenvalue weighted by Gasteiger charge is 2.28. The Morgan fingerprint density at radius 3 is 2.65 bits per heavy atom. The van der Waals surface area contributed by atoms with Gasteiger partial charge >= 0.3 is 0 Å². The van der Waals surface area contributed by atoms with Crippen LogP contribution in [0.1, 0.15) is 40.4 Å². The highest BCUT2D eigenvalue weighted by Crippen LogP contribution is 2.36. The van der Waals surface area contributed by atoms with Gasteiger partial charge in [0.05, 0.1) is 10.6 Å². The van der Waals surface area contributed by atoms with E-state index in [0.29, 0.717) is 5.92 Å². The average molecular weight is 364 g/mol. The van der Waals surface area contributed by atoms with Gasteiger partial charge in [-0.1, -0.05) is 22.2 Å². The van der Waals surface area contributed by atoms with Gasteiger partial charge in [0.2, 0.25) is 0 Å². The molecule has 0 unspecified atom stereocenters. The molecule has 1 amide bonds. The van der Waals surface area contributed by atoms with Crippen LogP contribution in [0, 0.1) is 6.92 Å². The molecule has 0 bridgehead atoms. The van der Waals surface area contributed by atoms with Crippen molar-refractivity contribution in [3.05, 3.63) is 65.6 Å². The van der Waals surface area contributed by atoms with Crippen LogP contribution in [-0.2, 0) is 0 Å². The lowest BCUT2D eigenvalue weighted by atomic mass is 9.91. The van der Waals surface area contributed by atoms with Gasteiger partial charge < -0.3 is 4.90 Å². The number of pyridine rings is 1. The molecule has 1 aromatic carbocycles. The summed E-state index contributed by atoms with van der Waals surface area (Å²) in [6, 6.07) is 11.8. The van der Waals surface area contributed by atoms with Crippen molar-refractivity contribution in [3.8, 4) is 10.4 Å². The average Bonchev–Trinajstić information content (AvgIpc) is 3.18. The molecule has 3 aromatic rings. The third-order valence-electron chi connectivity index (χ3n) is 4.89. The smallest absolute Gasteiger partial charge is 0.253 e. The summed E-state index contributed by atoms with van der Waals surface area (Å²) >= 11 is 1.43. The third-order valence-corrected chi connectivity index (χ3v) is 5.68. The molecule has 1 fully saturated rings. The van der Waals surface area contributed by atoms with Crippen molar-refractivity contribution in [2.45, 2.75) is 25.7 Å². The Morgan fingerprint density at radius 2 is 1.92 bits per heavy atom. The lowest BCUT2D eigenvalue weighted by Crippen LogP contribution is -2.38. The first kappa shape index (κ1) is 16.8. The number of piperidine rings is 1. The van der Waals surface area contributed by atoms with Crippen LogP contribution in [0.25, 0.3) is 10.4 Å². The zero-order valence-electron chi connectivity index (χ0n) is 14.6. The van der Waals surface area contributed by atoms with Gasteiger partial charge in [-0.2, -0.15) is 0 Å². The van der Waals surface area contributed by atoms with Gasteiger partial charge in [0.15, 0.2) is 0 Å². The number of carbonyl (C=O) groups is 1. The number of amides is 1. The van der Waals surface area contributed by atoms with Crippen LogP contribution in [0.2, 0.25) is 0 Å². The van der Waals surface area contributed by atoms with Gasteiger partial charge in [0.25, 0.3) is 5.91 Å². The molecular formula is C20H20N4OS. The van der Waals surface area contributed by atoms with Crippen molar-refractivity contribution in [2.24, 2.45) is 0 Å². The lowest BCUT2D eigenvalue weighted by molar-refractivity contribution is 0.0712. The second-order valence-electron chi connectivity index (χ2n) is 6.66. The van der Waals surface area contributed by atoms with Gasteiger partial charge in [-0.3, -0.25) is 9.78 Å². The number of nitrogens with zero attached hydrogens (tertiary/aromatic N) is 4. The monoisotopic (exact) mass is 364 g/mol. The Kier molecular flexibility index (Phi) is 4.75. The molecule has 3 heterocycles. The number of hydrogen-bond acceptors (Lipinski definition) is 5. The van der Waals surface area contributed by atoms with Crippen LogP contribution in [0.15, 0.2) is 48.8 Å². The van der Waals surface area contributed by atoms with E-state index in [1.165, 1.54) is 11.5 Å².